The number of ether oxygens (including phenoxy) is 2. The van der Waals surface area contributed by atoms with Gasteiger partial charge in [-0.3, -0.25) is 14.6 Å². The molecule has 2 saturated heterocycles. The van der Waals surface area contributed by atoms with Gasteiger partial charge in [0.25, 0.3) is 5.91 Å². The van der Waals surface area contributed by atoms with E-state index < -0.39 is 0 Å². The van der Waals surface area contributed by atoms with E-state index in [-0.39, 0.29) is 30.0 Å². The standard InChI is InChI=1S/C24H36N4O4/c1-5-31-23(30)21-7-6-12-27(16-21)24(25-4)26-13-19-8-10-20(11-9-19)22(29)28-14-17(2)32-18(3)15-28/h8-11,17-18,21H,5-7,12-16H2,1-4H3,(H,25,26). The average molecular weight is 445 g/mol. The molecule has 0 bridgehead atoms. The second-order valence-corrected chi connectivity index (χ2v) is 8.60. The zero-order valence-electron chi connectivity index (χ0n) is 19.7. The lowest BCUT2D eigenvalue weighted by Crippen LogP contribution is -2.48. The van der Waals surface area contributed by atoms with E-state index in [9.17, 15) is 9.59 Å². The van der Waals surface area contributed by atoms with Gasteiger partial charge in [0.1, 0.15) is 0 Å². The summed E-state index contributed by atoms with van der Waals surface area (Å²) in [6.07, 6.45) is 1.88. The highest BCUT2D eigenvalue weighted by atomic mass is 16.5. The van der Waals surface area contributed by atoms with Crippen LogP contribution in [0.5, 0.6) is 0 Å². The Morgan fingerprint density at radius 3 is 2.44 bits per heavy atom. The molecule has 0 aromatic heterocycles. The summed E-state index contributed by atoms with van der Waals surface area (Å²) in [7, 11) is 1.75. The van der Waals surface area contributed by atoms with Crippen molar-refractivity contribution in [1.29, 1.82) is 0 Å². The van der Waals surface area contributed by atoms with Crippen molar-refractivity contribution >= 4 is 17.8 Å². The Hall–Kier alpha value is -2.61. The SMILES string of the molecule is CCOC(=O)C1CCCN(C(=NC)NCc2ccc(C(=O)N3CC(C)OC(C)C3)cc2)C1. The van der Waals surface area contributed by atoms with Crippen LogP contribution in [0.4, 0.5) is 0 Å². The van der Waals surface area contributed by atoms with E-state index >= 15 is 0 Å². The van der Waals surface area contributed by atoms with Gasteiger partial charge in [-0.1, -0.05) is 12.1 Å². The lowest BCUT2D eigenvalue weighted by atomic mass is 9.98. The van der Waals surface area contributed by atoms with Crippen molar-refractivity contribution in [3.63, 3.8) is 0 Å². The number of esters is 1. The first-order valence-electron chi connectivity index (χ1n) is 11.6. The summed E-state index contributed by atoms with van der Waals surface area (Å²) in [4.78, 5) is 33.3. The minimum Gasteiger partial charge on any atom is -0.466 e. The number of carbonyl (C=O) groups is 2. The predicted molar refractivity (Wildman–Crippen MR) is 123 cm³/mol. The van der Waals surface area contributed by atoms with Crippen LogP contribution in [0.3, 0.4) is 0 Å². The van der Waals surface area contributed by atoms with Crippen LogP contribution in [0.1, 0.15) is 49.5 Å². The highest BCUT2D eigenvalue weighted by Gasteiger charge is 2.29. The van der Waals surface area contributed by atoms with Crippen LogP contribution in [0, 0.1) is 5.92 Å². The number of amides is 1. The summed E-state index contributed by atoms with van der Waals surface area (Å²) in [5.74, 6) is 0.575. The lowest BCUT2D eigenvalue weighted by Gasteiger charge is -2.35. The van der Waals surface area contributed by atoms with E-state index in [0.717, 1.165) is 30.9 Å². The second kappa shape index (κ2) is 11.3. The number of hydrogen-bond acceptors (Lipinski definition) is 5. The molecule has 3 unspecified atom stereocenters. The van der Waals surface area contributed by atoms with Gasteiger partial charge in [-0.15, -0.1) is 0 Å². The second-order valence-electron chi connectivity index (χ2n) is 8.60. The van der Waals surface area contributed by atoms with Crippen molar-refractivity contribution in [2.75, 3.05) is 39.8 Å². The van der Waals surface area contributed by atoms with Crippen LogP contribution in [0.2, 0.25) is 0 Å². The minimum absolute atomic E-state index is 0.0423. The first kappa shape index (κ1) is 24.0. The maximum absolute atomic E-state index is 12.8. The fraction of sp³-hybridized carbons (Fsp3) is 0.625. The largest absolute Gasteiger partial charge is 0.466 e. The lowest BCUT2D eigenvalue weighted by molar-refractivity contribution is -0.149. The van der Waals surface area contributed by atoms with E-state index in [2.05, 4.69) is 15.2 Å². The fourth-order valence-corrected chi connectivity index (χ4v) is 4.43. The number of hydrogen-bond donors (Lipinski definition) is 1. The quantitative estimate of drug-likeness (QED) is 0.426. The van der Waals surface area contributed by atoms with Crippen LogP contribution < -0.4 is 5.32 Å². The molecule has 0 spiro atoms. The molecule has 176 valence electrons. The van der Waals surface area contributed by atoms with E-state index in [4.69, 9.17) is 9.47 Å². The van der Waals surface area contributed by atoms with Gasteiger partial charge in [0.15, 0.2) is 5.96 Å². The number of benzene rings is 1. The third-order valence-corrected chi connectivity index (χ3v) is 5.91. The summed E-state index contributed by atoms with van der Waals surface area (Å²) in [5.41, 5.74) is 1.75. The zero-order valence-corrected chi connectivity index (χ0v) is 19.7. The van der Waals surface area contributed by atoms with Gasteiger partial charge in [0, 0.05) is 45.3 Å². The van der Waals surface area contributed by atoms with Crippen molar-refractivity contribution in [3.05, 3.63) is 35.4 Å². The highest BCUT2D eigenvalue weighted by molar-refractivity contribution is 5.94. The van der Waals surface area contributed by atoms with Crippen LogP contribution in [0.25, 0.3) is 0 Å². The first-order valence-corrected chi connectivity index (χ1v) is 11.6. The van der Waals surface area contributed by atoms with Gasteiger partial charge in [-0.05, 0) is 51.3 Å². The number of carbonyl (C=O) groups excluding carboxylic acids is 2. The number of rotatable bonds is 5. The van der Waals surface area contributed by atoms with Crippen LogP contribution in [-0.2, 0) is 20.8 Å². The molecule has 3 atom stereocenters. The van der Waals surface area contributed by atoms with Gasteiger partial charge in [-0.2, -0.15) is 0 Å². The maximum Gasteiger partial charge on any atom is 0.310 e. The Bertz CT molecular complexity index is 801. The van der Waals surface area contributed by atoms with Gasteiger partial charge >= 0.3 is 5.97 Å². The van der Waals surface area contributed by atoms with Crippen LogP contribution in [-0.4, -0.2) is 79.7 Å². The molecule has 8 heteroatoms. The summed E-state index contributed by atoms with van der Waals surface area (Å²) in [5, 5.41) is 3.38. The molecule has 1 aromatic carbocycles. The van der Waals surface area contributed by atoms with Gasteiger partial charge < -0.3 is 24.6 Å². The Balaban J connectivity index is 1.54. The third kappa shape index (κ3) is 6.22. The molecular weight excluding hydrogens is 408 g/mol. The van der Waals surface area contributed by atoms with E-state index in [0.29, 0.717) is 38.3 Å². The Morgan fingerprint density at radius 2 is 1.81 bits per heavy atom. The molecule has 1 aromatic rings. The van der Waals surface area contributed by atoms with Crippen molar-refractivity contribution in [2.24, 2.45) is 10.9 Å². The number of morpholine rings is 1. The average Bonchev–Trinajstić information content (AvgIpc) is 2.79. The smallest absolute Gasteiger partial charge is 0.310 e. The number of nitrogens with zero attached hydrogens (tertiary/aromatic N) is 3. The normalized spacial score (nSPS) is 24.2. The molecule has 2 aliphatic heterocycles. The molecule has 2 heterocycles. The van der Waals surface area contributed by atoms with Crippen molar-refractivity contribution in [1.82, 2.24) is 15.1 Å². The topological polar surface area (TPSA) is 83.5 Å². The van der Waals surface area contributed by atoms with Crippen molar-refractivity contribution < 1.29 is 19.1 Å². The fourth-order valence-electron chi connectivity index (χ4n) is 4.43. The molecule has 2 fully saturated rings. The number of nitrogens with one attached hydrogen (secondary N) is 1. The highest BCUT2D eigenvalue weighted by Crippen LogP contribution is 2.18. The van der Waals surface area contributed by atoms with E-state index in [1.165, 1.54) is 0 Å². The summed E-state index contributed by atoms with van der Waals surface area (Å²) in [6, 6.07) is 7.70. The van der Waals surface area contributed by atoms with Gasteiger partial charge in [0.05, 0.1) is 24.7 Å². The molecule has 0 saturated carbocycles. The molecule has 32 heavy (non-hydrogen) atoms. The van der Waals surface area contributed by atoms with Crippen LogP contribution >= 0.6 is 0 Å². The van der Waals surface area contributed by atoms with Crippen molar-refractivity contribution in [3.8, 4) is 0 Å². The molecule has 1 amide bonds. The molecule has 0 radical (unpaired) electrons. The molecule has 3 rings (SSSR count). The number of guanidine groups is 1. The van der Waals surface area contributed by atoms with Crippen LogP contribution in [0.15, 0.2) is 29.3 Å². The first-order chi connectivity index (χ1) is 15.4. The molecule has 8 nitrogen and oxygen atoms in total. The Morgan fingerprint density at radius 1 is 1.12 bits per heavy atom. The van der Waals surface area contributed by atoms with Gasteiger partial charge in [0.2, 0.25) is 0 Å². The monoisotopic (exact) mass is 444 g/mol. The zero-order chi connectivity index (χ0) is 23.1. The van der Waals surface area contributed by atoms with E-state index in [1.54, 1.807) is 7.05 Å². The summed E-state index contributed by atoms with van der Waals surface area (Å²) in [6.45, 7) is 9.53. The minimum atomic E-state index is -0.128. The third-order valence-electron chi connectivity index (χ3n) is 5.91. The molecule has 1 N–H and O–H groups in total. The summed E-state index contributed by atoms with van der Waals surface area (Å²) >= 11 is 0. The number of aliphatic imine (C=N–C) groups is 1. The maximum atomic E-state index is 12.8. The summed E-state index contributed by atoms with van der Waals surface area (Å²) < 4.78 is 10.9. The van der Waals surface area contributed by atoms with Gasteiger partial charge in [-0.25, -0.2) is 0 Å². The van der Waals surface area contributed by atoms with E-state index in [1.807, 2.05) is 49.9 Å². The molecule has 2 aliphatic rings. The number of likely N-dealkylation sites (tertiary alicyclic amines) is 1. The number of piperidine rings is 1. The Labute approximate surface area is 191 Å². The molecular formula is C24H36N4O4. The predicted octanol–water partition coefficient (Wildman–Crippen LogP) is 2.29. The Kier molecular flexibility index (Phi) is 8.50. The van der Waals surface area contributed by atoms with Crippen molar-refractivity contribution in [2.45, 2.75) is 52.4 Å². The molecule has 0 aliphatic carbocycles.